The van der Waals surface area contributed by atoms with Gasteiger partial charge in [-0.2, -0.15) is 4.72 Å². The summed E-state index contributed by atoms with van der Waals surface area (Å²) >= 11 is 0.614. The molecule has 238 valence electrons. The zero-order valence-corrected chi connectivity index (χ0v) is 24.7. The maximum Gasteiger partial charge on any atom is 0.320 e. The van der Waals surface area contributed by atoms with Crippen molar-refractivity contribution in [1.82, 2.24) is 38.7 Å². The molecule has 1 aromatic carbocycles. The Morgan fingerprint density at radius 1 is 1.16 bits per heavy atom. The first-order chi connectivity index (χ1) is 20.9. The van der Waals surface area contributed by atoms with E-state index in [4.69, 9.17) is 4.74 Å². The summed E-state index contributed by atoms with van der Waals surface area (Å²) in [7, 11) is -3.07. The third kappa shape index (κ3) is 5.32. The minimum atomic E-state index is -4.35. The number of benzene rings is 1. The number of ether oxygens (including phenoxy) is 1. The molecule has 2 aliphatic heterocycles. The van der Waals surface area contributed by atoms with E-state index < -0.39 is 52.7 Å². The zero-order valence-electron chi connectivity index (χ0n) is 23.0. The van der Waals surface area contributed by atoms with E-state index in [1.165, 1.54) is 34.8 Å². The molecule has 2 fully saturated rings. The van der Waals surface area contributed by atoms with Crippen LogP contribution in [-0.2, 0) is 14.8 Å². The number of hydrogen-bond donors (Lipinski definition) is 1. The molecule has 0 spiro atoms. The Balaban J connectivity index is 1.45. The number of carbonyl (C=O) groups excluding carboxylic acids is 1. The van der Waals surface area contributed by atoms with Crippen LogP contribution in [0.1, 0.15) is 11.4 Å². The van der Waals surface area contributed by atoms with Crippen molar-refractivity contribution < 1.29 is 39.9 Å². The average Bonchev–Trinajstić information content (AvgIpc) is 3.70. The molecule has 1 N–H and O–H groups in total. The number of piperazine rings is 1. The van der Waals surface area contributed by atoms with E-state index in [1.54, 1.807) is 10.6 Å². The minimum Gasteiger partial charge on any atom is -0.377 e. The van der Waals surface area contributed by atoms with Gasteiger partial charge in [-0.15, -0.1) is 10.2 Å². The van der Waals surface area contributed by atoms with E-state index in [-0.39, 0.29) is 60.7 Å². The van der Waals surface area contributed by atoms with E-state index >= 15 is 0 Å². The van der Waals surface area contributed by atoms with Crippen molar-refractivity contribution in [2.45, 2.75) is 23.3 Å². The molecule has 2 saturated heterocycles. The molecule has 5 heterocycles. The van der Waals surface area contributed by atoms with E-state index in [9.17, 15) is 35.2 Å². The summed E-state index contributed by atoms with van der Waals surface area (Å²) in [6, 6.07) is 2.17. The maximum absolute atomic E-state index is 13.9. The average molecular weight is 664 g/mol. The number of carbonyl (C=O) groups is 1. The lowest BCUT2D eigenvalue weighted by Crippen LogP contribution is -2.63. The molecule has 2 aliphatic rings. The number of alkyl halides is 5. The third-order valence-electron chi connectivity index (χ3n) is 7.46. The van der Waals surface area contributed by atoms with Crippen molar-refractivity contribution in [3.63, 3.8) is 0 Å². The molecule has 4 aromatic rings. The van der Waals surface area contributed by atoms with Crippen LogP contribution in [0, 0.1) is 0 Å². The number of nitrogens with zero attached hydrogens (tertiary/aromatic N) is 8. The van der Waals surface area contributed by atoms with Gasteiger partial charge in [0, 0.05) is 45.6 Å². The fraction of sp³-hybridized carbons (Fsp3) is 0.500. The topological polar surface area (TPSA) is 130 Å². The first kappa shape index (κ1) is 30.4. The summed E-state index contributed by atoms with van der Waals surface area (Å²) in [4.78, 5) is 21.0. The Labute approximate surface area is 250 Å². The largest absolute Gasteiger partial charge is 0.377 e. The fourth-order valence-electron chi connectivity index (χ4n) is 5.25. The molecule has 2 amide bonds. The predicted molar refractivity (Wildman–Crippen MR) is 148 cm³/mol. The Morgan fingerprint density at radius 2 is 1.89 bits per heavy atom. The van der Waals surface area contributed by atoms with Crippen molar-refractivity contribution in [2.24, 2.45) is 0 Å². The molecule has 0 atom stereocenters. The van der Waals surface area contributed by atoms with Gasteiger partial charge in [-0.05, 0) is 12.1 Å². The molecule has 0 unspecified atom stereocenters. The number of aromatic nitrogens is 5. The van der Waals surface area contributed by atoms with E-state index in [1.807, 2.05) is 4.90 Å². The number of nitrogens with one attached hydrogen (secondary N) is 1. The number of sulfonamides is 1. The number of imidazole rings is 2. The zero-order chi connectivity index (χ0) is 31.4. The number of urea groups is 1. The smallest absolute Gasteiger partial charge is 0.320 e. The molecule has 20 heteroatoms. The van der Waals surface area contributed by atoms with Crippen molar-refractivity contribution >= 4 is 49.9 Å². The second kappa shape index (κ2) is 11.4. The van der Waals surface area contributed by atoms with Crippen molar-refractivity contribution in [1.29, 1.82) is 0 Å². The maximum atomic E-state index is 13.9. The summed E-state index contributed by atoms with van der Waals surface area (Å²) in [5.74, 6) is 0.246. The van der Waals surface area contributed by atoms with Crippen LogP contribution in [0.4, 0.5) is 32.4 Å². The molecule has 0 saturated carbocycles. The van der Waals surface area contributed by atoms with Crippen molar-refractivity contribution in [2.75, 3.05) is 64.6 Å². The number of amides is 2. The van der Waals surface area contributed by atoms with E-state index in [0.717, 1.165) is 4.90 Å². The Hall–Kier alpha value is -3.62. The fourth-order valence-corrected chi connectivity index (χ4v) is 7.35. The van der Waals surface area contributed by atoms with Gasteiger partial charge in [0.2, 0.25) is 20.9 Å². The van der Waals surface area contributed by atoms with Crippen LogP contribution in [0.25, 0.3) is 21.9 Å². The lowest BCUT2D eigenvalue weighted by molar-refractivity contribution is -0.0725. The van der Waals surface area contributed by atoms with Crippen molar-refractivity contribution in [3.05, 3.63) is 29.5 Å². The highest BCUT2D eigenvalue weighted by Crippen LogP contribution is 2.37. The number of halogens is 5. The molecular weight excluding hydrogens is 637 g/mol. The monoisotopic (exact) mass is 663 g/mol. The van der Waals surface area contributed by atoms with Crippen LogP contribution in [0.15, 0.2) is 29.4 Å². The van der Waals surface area contributed by atoms with Crippen LogP contribution in [0.5, 0.6) is 0 Å². The minimum absolute atomic E-state index is 0.0186. The molecule has 3 aromatic heterocycles. The van der Waals surface area contributed by atoms with Crippen LogP contribution >= 0.6 is 11.3 Å². The van der Waals surface area contributed by atoms with Gasteiger partial charge < -0.3 is 19.4 Å². The predicted octanol–water partition coefficient (Wildman–Crippen LogP) is 2.52. The number of anilines is 1. The van der Waals surface area contributed by atoms with Gasteiger partial charge in [0.1, 0.15) is 12.2 Å². The van der Waals surface area contributed by atoms with Crippen LogP contribution in [-0.4, -0.2) is 120 Å². The highest BCUT2D eigenvalue weighted by atomic mass is 32.2. The Bertz CT molecular complexity index is 1790. The summed E-state index contributed by atoms with van der Waals surface area (Å²) in [6.45, 7) is -1.32. The number of hydrogen-bond acceptors (Lipinski definition) is 9. The highest BCUT2D eigenvalue weighted by Gasteiger charge is 2.43. The lowest BCUT2D eigenvalue weighted by atomic mass is 10.0. The van der Waals surface area contributed by atoms with Gasteiger partial charge in [0.05, 0.1) is 41.4 Å². The molecular formula is C24H26F5N9O4S2. The molecule has 13 nitrogen and oxygen atoms in total. The standard InChI is InChI=1S/C24H26F5N9O4S2/c1-34(10-17(26)27)23(39)36-6-4-35(5-7-36)15-8-14(44(40,41)33-24(11-25)12-42-13-24)9-16-18(15)37-3-2-30-21(37)38(16)22-32-31-20(43-22)19(28)29/h2-3,8-9,17,19,33H,4-7,10-13H2,1H3. The van der Waals surface area contributed by atoms with Crippen LogP contribution < -0.4 is 9.62 Å². The normalized spacial score (nSPS) is 17.3. The van der Waals surface area contributed by atoms with Gasteiger partial charge in [-0.3, -0.25) is 8.97 Å². The summed E-state index contributed by atoms with van der Waals surface area (Å²) < 4.78 is 104. The van der Waals surface area contributed by atoms with Crippen LogP contribution in [0.3, 0.4) is 0 Å². The molecule has 0 radical (unpaired) electrons. The van der Waals surface area contributed by atoms with Gasteiger partial charge in [-0.25, -0.2) is 40.1 Å². The second-order valence-corrected chi connectivity index (χ2v) is 13.2. The third-order valence-corrected chi connectivity index (χ3v) is 9.93. The van der Waals surface area contributed by atoms with Gasteiger partial charge in [-0.1, -0.05) is 11.3 Å². The first-order valence-corrected chi connectivity index (χ1v) is 15.6. The van der Waals surface area contributed by atoms with E-state index in [0.29, 0.717) is 22.5 Å². The lowest BCUT2D eigenvalue weighted by Gasteiger charge is -2.39. The number of rotatable bonds is 9. The second-order valence-electron chi connectivity index (χ2n) is 10.5. The van der Waals surface area contributed by atoms with Gasteiger partial charge in [0.15, 0.2) is 5.01 Å². The quantitative estimate of drug-likeness (QED) is 0.271. The molecule has 0 bridgehead atoms. The highest BCUT2D eigenvalue weighted by molar-refractivity contribution is 7.89. The Morgan fingerprint density at radius 3 is 2.48 bits per heavy atom. The van der Waals surface area contributed by atoms with Gasteiger partial charge in [0.25, 0.3) is 12.9 Å². The first-order valence-electron chi connectivity index (χ1n) is 13.3. The van der Waals surface area contributed by atoms with Crippen LogP contribution in [0.2, 0.25) is 0 Å². The summed E-state index contributed by atoms with van der Waals surface area (Å²) in [5, 5.41) is 6.95. The number of fused-ring (bicyclic) bond motifs is 3. The van der Waals surface area contributed by atoms with Gasteiger partial charge >= 0.3 is 6.03 Å². The van der Waals surface area contributed by atoms with E-state index in [2.05, 4.69) is 19.9 Å². The molecule has 0 aliphatic carbocycles. The molecule has 44 heavy (non-hydrogen) atoms. The Kier molecular flexibility index (Phi) is 7.87. The molecule has 6 rings (SSSR count). The summed E-state index contributed by atoms with van der Waals surface area (Å²) in [6.07, 6.45) is -2.48. The van der Waals surface area contributed by atoms with Crippen molar-refractivity contribution in [3.8, 4) is 5.13 Å². The summed E-state index contributed by atoms with van der Waals surface area (Å²) in [5.41, 5.74) is -0.314. The SMILES string of the molecule is CN(CC(F)F)C(=O)N1CCN(c2cc(S(=O)(=O)NC3(CF)COC3)cc3c2n2ccnc2n3-c2nnc(C(F)F)s2)CC1.